The maximum atomic E-state index is 16.0. The van der Waals surface area contributed by atoms with Gasteiger partial charge in [0.2, 0.25) is 5.75 Å². The molecule has 4 aliphatic carbocycles. The molecular formula is C68H80N8O16. The van der Waals surface area contributed by atoms with E-state index in [9.17, 15) is 61.3 Å². The molecule has 2 aromatic heterocycles. The van der Waals surface area contributed by atoms with Gasteiger partial charge >= 0.3 is 11.9 Å². The van der Waals surface area contributed by atoms with Gasteiger partial charge in [-0.1, -0.05) is 60.5 Å². The molecule has 4 heterocycles. The van der Waals surface area contributed by atoms with Crippen molar-refractivity contribution in [3.63, 3.8) is 0 Å². The second-order valence-electron chi connectivity index (χ2n) is 25.4. The summed E-state index contributed by atoms with van der Waals surface area (Å²) in [6.45, 7) is -0.114. The van der Waals surface area contributed by atoms with Gasteiger partial charge in [-0.3, -0.25) is 9.69 Å². The molecule has 24 nitrogen and oxygen atoms in total. The number of aliphatic hydroxyl groups is 7. The first-order valence-electron chi connectivity index (χ1n) is 31.5. The number of fused-ring (bicyclic) bond motifs is 6. The Labute approximate surface area is 530 Å². The number of aromatic hydroxyl groups is 4. The number of aliphatic imine (C=N–C) groups is 1. The summed E-state index contributed by atoms with van der Waals surface area (Å²) in [6, 6.07) is 24.3. The van der Waals surface area contributed by atoms with E-state index in [1.807, 2.05) is 48.5 Å². The van der Waals surface area contributed by atoms with Gasteiger partial charge in [0.15, 0.2) is 29.1 Å². The minimum Gasteiger partial charge on any atom is -0.508 e. The van der Waals surface area contributed by atoms with Crippen molar-refractivity contribution in [3.8, 4) is 28.7 Å². The number of carboxylic acids is 1. The van der Waals surface area contributed by atoms with Crippen molar-refractivity contribution in [1.29, 1.82) is 0 Å². The fraction of sp³-hybridized carbons (Fsp3) is 0.441. The number of hydrogen-bond donors (Lipinski definition) is 17. The number of aryl methyl sites for hydroxylation is 1. The number of aliphatic carboxylic acids is 1. The van der Waals surface area contributed by atoms with E-state index in [2.05, 4.69) is 30.6 Å². The maximum absolute atomic E-state index is 16.0. The monoisotopic (exact) mass is 1260 g/mol. The van der Waals surface area contributed by atoms with E-state index >= 15 is 9.59 Å². The fourth-order valence-electron chi connectivity index (χ4n) is 16.3. The average molecular weight is 1270 g/mol. The predicted octanol–water partition coefficient (Wildman–Crippen LogP) is 4.39. The fourth-order valence-corrected chi connectivity index (χ4v) is 16.3. The zero-order valence-electron chi connectivity index (χ0n) is 50.6. The molecule has 3 fully saturated rings. The summed E-state index contributed by atoms with van der Waals surface area (Å²) in [4.78, 5) is 47.5. The number of carbonyl (C=O) groups excluding carboxylic acids is 1. The zero-order valence-corrected chi connectivity index (χ0v) is 50.6. The molecule has 4 aromatic carbocycles. The summed E-state index contributed by atoms with van der Waals surface area (Å²) < 4.78 is 11.2. The Hall–Kier alpha value is -8.46. The first kappa shape index (κ1) is 63.7. The van der Waals surface area contributed by atoms with Crippen LogP contribution in [-0.2, 0) is 45.5 Å². The maximum Gasteiger partial charge on any atom is 0.355 e. The number of anilines is 2. The van der Waals surface area contributed by atoms with E-state index in [4.69, 9.17) is 15.2 Å². The lowest BCUT2D eigenvalue weighted by atomic mass is 9.44. The van der Waals surface area contributed by atoms with Gasteiger partial charge in [0.05, 0.1) is 37.0 Å². The SMILES string of the molecule is NC(=NCc1ccccc1)NCC[C@H]1CC[C@H](C2=C[C@]3(C(=O)O)[C@@H](c4c(cc(O[C@]5(O)O[C@H](CO)[C@@H](O)[C@H](O)[C@H]5O)c(O)c4O)N3C(=O)/C=C/c3ccc(O)c(Cc4[nH]cnc4CCNc4ccc[nH]4)c3)[C@@H]2[C@@]23c4c(O)cccc4CC[C@H]2CCC[C@H]3CO)C[C@@H]1O. The largest absolute Gasteiger partial charge is 0.508 e. The highest BCUT2D eigenvalue weighted by Gasteiger charge is 2.72. The highest BCUT2D eigenvalue weighted by Crippen LogP contribution is 2.73. The van der Waals surface area contributed by atoms with Gasteiger partial charge in [0, 0.05) is 90.5 Å². The number of nitrogens with zero attached hydrogens (tertiary/aromatic N) is 3. The number of imidazole rings is 1. The smallest absolute Gasteiger partial charge is 0.355 e. The lowest BCUT2D eigenvalue weighted by Gasteiger charge is -2.59. The number of phenols is 4. The van der Waals surface area contributed by atoms with Crippen LogP contribution in [-0.4, -0.2) is 162 Å². The first-order chi connectivity index (χ1) is 44.3. The van der Waals surface area contributed by atoms with Gasteiger partial charge in [-0.2, -0.15) is 0 Å². The van der Waals surface area contributed by atoms with Crippen LogP contribution in [0.15, 0.2) is 120 Å². The number of phenolic OH excluding ortho intramolecular Hbond substituents is 4. The Morgan fingerprint density at radius 3 is 2.43 bits per heavy atom. The number of benzene rings is 4. The van der Waals surface area contributed by atoms with Gasteiger partial charge in [-0.15, -0.1) is 0 Å². The highest BCUT2D eigenvalue weighted by atomic mass is 16.8. The average Bonchev–Trinajstić information content (AvgIpc) is 1.46. The van der Waals surface area contributed by atoms with Crippen LogP contribution in [0.2, 0.25) is 0 Å². The van der Waals surface area contributed by atoms with Crippen LogP contribution in [0.5, 0.6) is 28.7 Å². The van der Waals surface area contributed by atoms with Gasteiger partial charge in [-0.25, -0.2) is 14.8 Å². The summed E-state index contributed by atoms with van der Waals surface area (Å²) in [5.41, 5.74) is 6.87. The number of aromatic nitrogens is 3. The minimum absolute atomic E-state index is 0.0559. The second kappa shape index (κ2) is 25.9. The number of carbonyl (C=O) groups is 2. The molecule has 0 bridgehead atoms. The Balaban J connectivity index is 0.975. The Morgan fingerprint density at radius 1 is 0.870 bits per heavy atom. The number of rotatable bonds is 20. The van der Waals surface area contributed by atoms with Crippen LogP contribution in [0.3, 0.4) is 0 Å². The summed E-state index contributed by atoms with van der Waals surface area (Å²) in [5, 5.41) is 147. The topological polar surface area (TPSA) is 406 Å². The van der Waals surface area contributed by atoms with Crippen molar-refractivity contribution >= 4 is 35.4 Å². The third-order valence-corrected chi connectivity index (χ3v) is 20.5. The van der Waals surface area contributed by atoms with E-state index in [1.165, 1.54) is 18.2 Å². The number of nitrogens with two attached hydrogens (primary N) is 1. The quantitative estimate of drug-likeness (QED) is 0.0126. The van der Waals surface area contributed by atoms with Gasteiger partial charge in [-0.05, 0) is 134 Å². The number of guanidine groups is 1. The van der Waals surface area contributed by atoms with Crippen molar-refractivity contribution in [2.75, 3.05) is 36.5 Å². The van der Waals surface area contributed by atoms with Gasteiger partial charge < -0.3 is 97.1 Å². The number of allylic oxidation sites excluding steroid dienone is 1. The first-order valence-corrected chi connectivity index (χ1v) is 31.5. The highest BCUT2D eigenvalue weighted by molar-refractivity contribution is 6.14. The molecule has 2 aliphatic heterocycles. The van der Waals surface area contributed by atoms with Crippen molar-refractivity contribution in [2.45, 2.75) is 131 Å². The Morgan fingerprint density at radius 2 is 1.68 bits per heavy atom. The van der Waals surface area contributed by atoms with Crippen LogP contribution < -0.4 is 26.0 Å². The molecule has 14 atom stereocenters. The minimum atomic E-state index is -3.37. The van der Waals surface area contributed by atoms with E-state index in [0.29, 0.717) is 99.7 Å². The molecule has 18 N–H and O–H groups in total. The summed E-state index contributed by atoms with van der Waals surface area (Å²) >= 11 is 0. The zero-order chi connectivity index (χ0) is 64.8. The Bertz CT molecular complexity index is 3770. The second-order valence-corrected chi connectivity index (χ2v) is 25.4. The lowest BCUT2D eigenvalue weighted by molar-refractivity contribution is -0.422. The molecule has 12 rings (SSSR count). The molecule has 6 aliphatic rings. The lowest BCUT2D eigenvalue weighted by Crippen LogP contribution is -2.67. The van der Waals surface area contributed by atoms with E-state index < -0.39 is 113 Å². The van der Waals surface area contributed by atoms with Crippen LogP contribution in [0.25, 0.3) is 6.08 Å². The van der Waals surface area contributed by atoms with Crippen molar-refractivity contribution in [1.82, 2.24) is 20.3 Å². The summed E-state index contributed by atoms with van der Waals surface area (Å²) in [5.74, 6) is -12.6. The van der Waals surface area contributed by atoms with Crippen LogP contribution in [0.1, 0.15) is 102 Å². The van der Waals surface area contributed by atoms with Crippen molar-refractivity contribution < 1.29 is 80.3 Å². The number of H-pyrrole nitrogens is 2. The number of ether oxygens (including phenoxy) is 2. The van der Waals surface area contributed by atoms with Crippen LogP contribution in [0, 0.1) is 29.6 Å². The third-order valence-electron chi connectivity index (χ3n) is 20.5. The van der Waals surface area contributed by atoms with E-state index in [1.54, 1.807) is 36.8 Å². The molecule has 92 heavy (non-hydrogen) atoms. The number of aromatic amines is 2. The van der Waals surface area contributed by atoms with Gasteiger partial charge in [0.25, 0.3) is 5.91 Å². The molecule has 1 amide bonds. The Kier molecular flexibility index (Phi) is 17.9. The number of amides is 1. The van der Waals surface area contributed by atoms with Crippen molar-refractivity contribution in [2.24, 2.45) is 40.3 Å². The van der Waals surface area contributed by atoms with Crippen molar-refractivity contribution in [3.05, 3.63) is 160 Å². The molecule has 488 valence electrons. The summed E-state index contributed by atoms with van der Waals surface area (Å²) in [6.07, 6.45) is 3.08. The van der Waals surface area contributed by atoms with Gasteiger partial charge in [0.1, 0.15) is 35.6 Å². The molecule has 1 saturated heterocycles. The summed E-state index contributed by atoms with van der Waals surface area (Å²) in [7, 11) is 0. The molecule has 2 saturated carbocycles. The van der Waals surface area contributed by atoms with Crippen LogP contribution in [0.4, 0.5) is 11.5 Å². The molecule has 6 aromatic rings. The van der Waals surface area contributed by atoms with E-state index in [-0.39, 0.29) is 53.4 Å². The molecule has 24 heteroatoms. The number of carboxylic acid groups (broad SMARTS) is 1. The van der Waals surface area contributed by atoms with Crippen LogP contribution >= 0.6 is 0 Å². The molecule has 0 radical (unpaired) electrons. The third kappa shape index (κ3) is 11.3. The number of aliphatic hydroxyl groups excluding tert-OH is 6. The molecular weight excluding hydrogens is 1180 g/mol. The standard InChI is InChI=1S/C68H80N8O16/c69-65(73-32-37-7-2-1-3-8-37)72-25-22-38-16-17-40(29-50(38)81)44-31-66(64(88)89)58(57(44)67-42(10-5-11-43(67)33-77)19-18-39-9-4-12-49(80)56(39)67)55-47(30-51(59(83)61(55)85)91-68(90)63(87)62(86)60(84)52(34-78)92-68)76(66)54(82)21-15-36-14-20-48(79)41(27-36)28-46-45(74-35-75-46)23-26-71-53-13-6-24-70-53/h1-4,6-9,12-15,20-21,24,27,30-31,35,38,40,42-43,50,52,57-58,60,62-63,70-71,77-81,83-87,90H,5,10-11,16-19,22-23,25-26,28-29,32-34H2,(H,74,75)(H,88,89)(H3,69,72,73)/b21-15+/t38-,40+,42-,43+,50+,52-,57-,58+,60-,62+,63-,66-,67+,68+/m1/s1. The number of hydrogen-bond acceptors (Lipinski definition) is 18. The normalized spacial score (nSPS) is 30.1. The molecule has 0 spiro atoms. The van der Waals surface area contributed by atoms with E-state index in [0.717, 1.165) is 45.4 Å². The predicted molar refractivity (Wildman–Crippen MR) is 336 cm³/mol. The number of nitrogens with one attached hydrogen (secondary N) is 4. The molecule has 0 unspecified atom stereocenters.